The van der Waals surface area contributed by atoms with Crippen molar-refractivity contribution < 1.29 is 14.9 Å². The van der Waals surface area contributed by atoms with Gasteiger partial charge in [-0.15, -0.1) is 0 Å². The van der Waals surface area contributed by atoms with Gasteiger partial charge in [0, 0.05) is 0 Å². The molecular weight excluding hydrogens is 192 g/mol. The lowest BCUT2D eigenvalue weighted by atomic mass is 9.99. The lowest BCUT2D eigenvalue weighted by Gasteiger charge is -2.27. The maximum Gasteiger partial charge on any atom is 0.193 e. The molecule has 0 unspecified atom stereocenters. The van der Waals surface area contributed by atoms with Crippen LogP contribution in [0, 0.1) is 0 Å². The van der Waals surface area contributed by atoms with Gasteiger partial charge in [0.15, 0.2) is 5.79 Å². The van der Waals surface area contributed by atoms with Crippen molar-refractivity contribution in [2.45, 2.75) is 39.1 Å². The van der Waals surface area contributed by atoms with E-state index in [0.29, 0.717) is 0 Å². The normalized spacial score (nSPS) is 12.9. The Hall–Kier alpha value is -0.900. The van der Waals surface area contributed by atoms with Gasteiger partial charge in [-0.1, -0.05) is 30.3 Å². The summed E-state index contributed by atoms with van der Waals surface area (Å²) in [7, 11) is 0. The molecule has 0 saturated carbocycles. The predicted octanol–water partition coefficient (Wildman–Crippen LogP) is 2.60. The van der Waals surface area contributed by atoms with Gasteiger partial charge in [0.2, 0.25) is 0 Å². The van der Waals surface area contributed by atoms with Crippen LogP contribution < -0.4 is 0 Å². The molecule has 15 heavy (non-hydrogen) atoms. The number of hydrogen-bond acceptors (Lipinski definition) is 3. The van der Waals surface area contributed by atoms with Gasteiger partial charge in [-0.05, 0) is 33.3 Å². The van der Waals surface area contributed by atoms with E-state index in [1.165, 1.54) is 13.8 Å². The van der Waals surface area contributed by atoms with Crippen molar-refractivity contribution in [2.75, 3.05) is 0 Å². The van der Waals surface area contributed by atoms with E-state index in [-0.39, 0.29) is 0 Å². The molecule has 1 rings (SSSR count). The zero-order valence-corrected chi connectivity index (χ0v) is 9.65. The second-order valence-electron chi connectivity index (χ2n) is 4.49. The fourth-order valence-corrected chi connectivity index (χ4v) is 1.09. The van der Waals surface area contributed by atoms with Crippen molar-refractivity contribution in [3.8, 4) is 0 Å². The molecular formula is C12H18O3. The molecule has 0 saturated heterocycles. The smallest absolute Gasteiger partial charge is 0.193 e. The topological polar surface area (TPSA) is 38.7 Å². The first-order valence-corrected chi connectivity index (χ1v) is 4.96. The van der Waals surface area contributed by atoms with Crippen LogP contribution in [0.2, 0.25) is 0 Å². The third-order valence-corrected chi connectivity index (χ3v) is 1.92. The van der Waals surface area contributed by atoms with Crippen LogP contribution in [-0.2, 0) is 15.4 Å². The molecule has 0 heterocycles. The van der Waals surface area contributed by atoms with Crippen LogP contribution in [0.4, 0.5) is 0 Å². The molecule has 0 aliphatic rings. The molecule has 3 heteroatoms. The zero-order chi connectivity index (χ0) is 11.5. The van der Waals surface area contributed by atoms with E-state index in [4.69, 9.17) is 9.78 Å². The number of benzene rings is 1. The summed E-state index contributed by atoms with van der Waals surface area (Å²) in [6, 6.07) is 9.72. The van der Waals surface area contributed by atoms with Crippen molar-refractivity contribution in [1.29, 1.82) is 0 Å². The van der Waals surface area contributed by atoms with Crippen molar-refractivity contribution in [2.24, 2.45) is 0 Å². The Morgan fingerprint density at radius 3 is 1.93 bits per heavy atom. The molecule has 0 amide bonds. The highest BCUT2D eigenvalue weighted by Gasteiger charge is 2.26. The van der Waals surface area contributed by atoms with E-state index in [0.717, 1.165) is 5.56 Å². The molecule has 0 fully saturated rings. The predicted molar refractivity (Wildman–Crippen MR) is 57.9 cm³/mol. The lowest BCUT2D eigenvalue weighted by molar-refractivity contribution is -0.448. The molecule has 84 valence electrons. The molecule has 3 nitrogen and oxygen atoms in total. The third-order valence-electron chi connectivity index (χ3n) is 1.92. The van der Waals surface area contributed by atoms with E-state index in [2.05, 4.69) is 0 Å². The first-order chi connectivity index (χ1) is 6.81. The minimum absolute atomic E-state index is 0.582. The Bertz CT molecular complexity index is 298. The zero-order valence-electron chi connectivity index (χ0n) is 9.65. The highest BCUT2D eigenvalue weighted by atomic mass is 17.2. The molecule has 0 aliphatic heterocycles. The van der Waals surface area contributed by atoms with Crippen molar-refractivity contribution in [3.63, 3.8) is 0 Å². The van der Waals surface area contributed by atoms with E-state index in [1.54, 1.807) is 0 Å². The number of hydrogen-bond donors (Lipinski definition) is 1. The Balaban J connectivity index is 2.68. The number of rotatable bonds is 4. The SMILES string of the molecule is CC(C)(O)OOC(C)(C)c1ccccc1. The van der Waals surface area contributed by atoms with Gasteiger partial charge < -0.3 is 5.11 Å². The summed E-state index contributed by atoms with van der Waals surface area (Å²) in [5.74, 6) is -1.29. The fourth-order valence-electron chi connectivity index (χ4n) is 1.09. The first kappa shape index (κ1) is 12.2. The van der Waals surface area contributed by atoms with E-state index < -0.39 is 11.4 Å². The largest absolute Gasteiger partial charge is 0.364 e. The molecule has 1 N–H and O–H groups in total. The summed E-state index contributed by atoms with van der Waals surface area (Å²) >= 11 is 0. The van der Waals surface area contributed by atoms with Crippen LogP contribution in [-0.4, -0.2) is 10.9 Å². The molecule has 0 spiro atoms. The molecule has 0 aliphatic carbocycles. The second-order valence-corrected chi connectivity index (χ2v) is 4.49. The van der Waals surface area contributed by atoms with Gasteiger partial charge in [-0.2, -0.15) is 0 Å². The first-order valence-electron chi connectivity index (χ1n) is 4.96. The standard InChI is InChI=1S/C12H18O3/c1-11(2,14-15-12(3,4)13)10-8-6-5-7-9-10/h5-9,13H,1-4H3. The summed E-state index contributed by atoms with van der Waals surface area (Å²) in [6.07, 6.45) is 0. The average molecular weight is 210 g/mol. The summed E-state index contributed by atoms with van der Waals surface area (Å²) in [5, 5.41) is 9.38. The van der Waals surface area contributed by atoms with Gasteiger partial charge in [-0.3, -0.25) is 0 Å². The molecule has 1 aromatic carbocycles. The molecule has 0 aromatic heterocycles. The van der Waals surface area contributed by atoms with Crippen LogP contribution in [0.5, 0.6) is 0 Å². The van der Waals surface area contributed by atoms with Crippen molar-refractivity contribution in [3.05, 3.63) is 35.9 Å². The fraction of sp³-hybridized carbons (Fsp3) is 0.500. The van der Waals surface area contributed by atoms with Crippen LogP contribution in [0.3, 0.4) is 0 Å². The maximum absolute atomic E-state index is 9.38. The summed E-state index contributed by atoms with van der Waals surface area (Å²) in [4.78, 5) is 10.1. The van der Waals surface area contributed by atoms with E-state index in [9.17, 15) is 5.11 Å². The second kappa shape index (κ2) is 4.31. The summed E-state index contributed by atoms with van der Waals surface area (Å²) in [6.45, 7) is 6.81. The summed E-state index contributed by atoms with van der Waals surface area (Å²) < 4.78 is 0. The van der Waals surface area contributed by atoms with Crippen molar-refractivity contribution in [1.82, 2.24) is 0 Å². The van der Waals surface area contributed by atoms with Gasteiger partial charge >= 0.3 is 0 Å². The monoisotopic (exact) mass is 210 g/mol. The van der Waals surface area contributed by atoms with Crippen LogP contribution in [0.15, 0.2) is 30.3 Å². The lowest BCUT2D eigenvalue weighted by Crippen LogP contribution is -2.30. The molecule has 0 bridgehead atoms. The Morgan fingerprint density at radius 1 is 0.933 bits per heavy atom. The van der Waals surface area contributed by atoms with E-state index >= 15 is 0 Å². The van der Waals surface area contributed by atoms with Crippen LogP contribution >= 0.6 is 0 Å². The highest BCUT2D eigenvalue weighted by Crippen LogP contribution is 2.26. The Labute approximate surface area is 90.6 Å². The minimum Gasteiger partial charge on any atom is -0.364 e. The van der Waals surface area contributed by atoms with Gasteiger partial charge in [0.05, 0.1) is 0 Å². The quantitative estimate of drug-likeness (QED) is 0.471. The van der Waals surface area contributed by atoms with Crippen molar-refractivity contribution >= 4 is 0 Å². The number of aliphatic hydroxyl groups is 1. The van der Waals surface area contributed by atoms with Gasteiger partial charge in [0.1, 0.15) is 5.60 Å². The van der Waals surface area contributed by atoms with Crippen LogP contribution in [0.25, 0.3) is 0 Å². The van der Waals surface area contributed by atoms with Gasteiger partial charge in [0.25, 0.3) is 0 Å². The molecule has 0 atom stereocenters. The molecule has 0 radical (unpaired) electrons. The Kier molecular flexibility index (Phi) is 3.50. The van der Waals surface area contributed by atoms with Crippen LogP contribution in [0.1, 0.15) is 33.3 Å². The highest BCUT2D eigenvalue weighted by molar-refractivity contribution is 5.20. The molecule has 1 aromatic rings. The Morgan fingerprint density at radius 2 is 1.47 bits per heavy atom. The van der Waals surface area contributed by atoms with Gasteiger partial charge in [-0.25, -0.2) is 9.78 Å². The van der Waals surface area contributed by atoms with E-state index in [1.807, 2.05) is 44.2 Å². The summed E-state index contributed by atoms with van der Waals surface area (Å²) in [5.41, 5.74) is 0.413. The maximum atomic E-state index is 9.38. The minimum atomic E-state index is -1.29. The third kappa shape index (κ3) is 4.00. The average Bonchev–Trinajstić information content (AvgIpc) is 2.16.